The quantitative estimate of drug-likeness (QED) is 0.868. The summed E-state index contributed by atoms with van der Waals surface area (Å²) >= 11 is 0. The normalized spacial score (nSPS) is 12.5. The molecule has 92 valence electrons. The molecule has 18 heavy (non-hydrogen) atoms. The summed E-state index contributed by atoms with van der Waals surface area (Å²) in [6.07, 6.45) is 0. The molecule has 2 aromatic rings. The second-order valence-electron chi connectivity index (χ2n) is 4.10. The minimum absolute atomic E-state index is 0.293. The third-order valence-electron chi connectivity index (χ3n) is 2.82. The van der Waals surface area contributed by atoms with Crippen molar-refractivity contribution < 1.29 is 9.47 Å². The number of hydrogen-bond donors (Lipinski definition) is 2. The van der Waals surface area contributed by atoms with Crippen molar-refractivity contribution in [2.45, 2.75) is 6.54 Å². The Bertz CT molecular complexity index is 569. The maximum absolute atomic E-state index is 5.62. The summed E-state index contributed by atoms with van der Waals surface area (Å²) in [5.41, 5.74) is 8.70. The van der Waals surface area contributed by atoms with Crippen molar-refractivity contribution in [2.75, 3.05) is 12.1 Å². The molecule has 0 atom stereocenters. The van der Waals surface area contributed by atoms with Gasteiger partial charge in [0.25, 0.3) is 0 Å². The van der Waals surface area contributed by atoms with Gasteiger partial charge in [0.05, 0.1) is 0 Å². The number of rotatable bonds is 3. The van der Waals surface area contributed by atoms with E-state index in [0.717, 1.165) is 28.4 Å². The third kappa shape index (κ3) is 2.10. The van der Waals surface area contributed by atoms with Gasteiger partial charge in [0.15, 0.2) is 11.5 Å². The number of nitrogens with one attached hydrogen (secondary N) is 1. The summed E-state index contributed by atoms with van der Waals surface area (Å²) in [6.45, 7) is 0.831. The van der Waals surface area contributed by atoms with Crippen LogP contribution in [0.15, 0.2) is 42.5 Å². The fourth-order valence-corrected chi connectivity index (χ4v) is 1.92. The first-order valence-corrected chi connectivity index (χ1v) is 5.81. The molecule has 1 aliphatic heterocycles. The molecule has 4 heteroatoms. The average Bonchev–Trinajstić information content (AvgIpc) is 2.86. The zero-order chi connectivity index (χ0) is 12.4. The fraction of sp³-hybridized carbons (Fsp3) is 0.143. The second-order valence-corrected chi connectivity index (χ2v) is 4.10. The second kappa shape index (κ2) is 4.58. The Hall–Kier alpha value is -2.20. The summed E-state index contributed by atoms with van der Waals surface area (Å²) in [4.78, 5) is 0. The first-order valence-electron chi connectivity index (χ1n) is 5.81. The largest absolute Gasteiger partial charge is 0.454 e. The van der Waals surface area contributed by atoms with Crippen molar-refractivity contribution in [3.63, 3.8) is 0 Å². The van der Waals surface area contributed by atoms with Gasteiger partial charge in [0, 0.05) is 24.0 Å². The highest BCUT2D eigenvalue weighted by molar-refractivity contribution is 5.64. The van der Waals surface area contributed by atoms with E-state index < -0.39 is 0 Å². The minimum Gasteiger partial charge on any atom is -0.454 e. The van der Waals surface area contributed by atoms with Crippen LogP contribution in [0.3, 0.4) is 0 Å². The molecular formula is C14H14N2O2. The van der Waals surface area contributed by atoms with Gasteiger partial charge in [-0.3, -0.25) is 0 Å². The van der Waals surface area contributed by atoms with E-state index in [4.69, 9.17) is 15.2 Å². The van der Waals surface area contributed by atoms with Gasteiger partial charge in [0.1, 0.15) is 0 Å². The lowest BCUT2D eigenvalue weighted by molar-refractivity contribution is 0.174. The van der Waals surface area contributed by atoms with Gasteiger partial charge >= 0.3 is 0 Å². The van der Waals surface area contributed by atoms with Gasteiger partial charge in [-0.2, -0.15) is 0 Å². The average molecular weight is 242 g/mol. The lowest BCUT2D eigenvalue weighted by Crippen LogP contribution is -1.97. The summed E-state index contributed by atoms with van der Waals surface area (Å²) < 4.78 is 10.6. The highest BCUT2D eigenvalue weighted by Gasteiger charge is 2.13. The predicted octanol–water partition coefficient (Wildman–Crippen LogP) is 2.62. The Morgan fingerprint density at radius 2 is 1.83 bits per heavy atom. The smallest absolute Gasteiger partial charge is 0.231 e. The number of anilines is 2. The summed E-state index contributed by atoms with van der Waals surface area (Å²) in [5.74, 6) is 1.56. The van der Waals surface area contributed by atoms with E-state index in [-0.39, 0.29) is 0 Å². The molecule has 0 saturated carbocycles. The molecule has 4 nitrogen and oxygen atoms in total. The summed E-state index contributed by atoms with van der Waals surface area (Å²) in [6, 6.07) is 13.8. The molecule has 0 radical (unpaired) electrons. The number of fused-ring (bicyclic) bond motifs is 1. The molecule has 0 bridgehead atoms. The van der Waals surface area contributed by atoms with Crippen molar-refractivity contribution in [1.29, 1.82) is 0 Å². The highest BCUT2D eigenvalue weighted by Crippen LogP contribution is 2.35. The zero-order valence-electron chi connectivity index (χ0n) is 9.85. The number of nitrogens with two attached hydrogens (primary N) is 1. The summed E-state index contributed by atoms with van der Waals surface area (Å²) in [7, 11) is 0. The Morgan fingerprint density at radius 3 is 2.72 bits per heavy atom. The van der Waals surface area contributed by atoms with E-state index >= 15 is 0 Å². The lowest BCUT2D eigenvalue weighted by Gasteiger charge is -2.08. The predicted molar refractivity (Wildman–Crippen MR) is 70.2 cm³/mol. The maximum Gasteiger partial charge on any atom is 0.231 e. The molecular weight excluding hydrogens is 228 g/mol. The van der Waals surface area contributed by atoms with E-state index in [2.05, 4.69) is 5.32 Å². The van der Waals surface area contributed by atoms with Crippen LogP contribution in [0.1, 0.15) is 5.56 Å². The van der Waals surface area contributed by atoms with E-state index in [1.165, 1.54) is 0 Å². The lowest BCUT2D eigenvalue weighted by atomic mass is 10.2. The van der Waals surface area contributed by atoms with E-state index in [1.807, 2.05) is 42.5 Å². The van der Waals surface area contributed by atoms with Gasteiger partial charge < -0.3 is 20.5 Å². The first kappa shape index (κ1) is 10.9. The van der Waals surface area contributed by atoms with E-state index in [1.54, 1.807) is 0 Å². The van der Waals surface area contributed by atoms with Crippen molar-refractivity contribution in [3.8, 4) is 11.5 Å². The van der Waals surface area contributed by atoms with Gasteiger partial charge in [-0.25, -0.2) is 0 Å². The van der Waals surface area contributed by atoms with Crippen molar-refractivity contribution in [1.82, 2.24) is 0 Å². The fourth-order valence-electron chi connectivity index (χ4n) is 1.92. The van der Waals surface area contributed by atoms with Crippen LogP contribution in [0.2, 0.25) is 0 Å². The van der Waals surface area contributed by atoms with Gasteiger partial charge in [0.2, 0.25) is 6.79 Å². The Kier molecular flexibility index (Phi) is 2.78. The Morgan fingerprint density at radius 1 is 1.00 bits per heavy atom. The molecule has 0 unspecified atom stereocenters. The molecule has 1 heterocycles. The molecule has 0 amide bonds. The molecule has 3 rings (SSSR count). The van der Waals surface area contributed by atoms with Gasteiger partial charge in [-0.1, -0.05) is 12.1 Å². The van der Waals surface area contributed by atoms with Gasteiger partial charge in [-0.05, 0) is 29.8 Å². The van der Waals surface area contributed by atoms with Crippen molar-refractivity contribution >= 4 is 11.4 Å². The number of hydrogen-bond acceptors (Lipinski definition) is 4. The Balaban J connectivity index is 1.83. The van der Waals surface area contributed by atoms with Crippen LogP contribution in [0, 0.1) is 0 Å². The van der Waals surface area contributed by atoms with Crippen LogP contribution in [0.5, 0.6) is 11.5 Å². The van der Waals surface area contributed by atoms with Crippen LogP contribution >= 0.6 is 0 Å². The first-order chi connectivity index (χ1) is 8.85. The van der Waals surface area contributed by atoms with Crippen molar-refractivity contribution in [2.24, 2.45) is 5.73 Å². The molecule has 0 aromatic heterocycles. The molecule has 3 N–H and O–H groups in total. The molecule has 0 spiro atoms. The van der Waals surface area contributed by atoms with Crippen LogP contribution in [-0.2, 0) is 6.54 Å². The molecule has 0 aliphatic carbocycles. The maximum atomic E-state index is 5.62. The zero-order valence-corrected chi connectivity index (χ0v) is 9.85. The van der Waals surface area contributed by atoms with Crippen molar-refractivity contribution in [3.05, 3.63) is 48.0 Å². The number of ether oxygens (including phenoxy) is 2. The number of benzene rings is 2. The highest BCUT2D eigenvalue weighted by atomic mass is 16.7. The van der Waals surface area contributed by atoms with Crippen LogP contribution in [0.25, 0.3) is 0 Å². The van der Waals surface area contributed by atoms with Crippen LogP contribution in [-0.4, -0.2) is 6.79 Å². The minimum atomic E-state index is 0.293. The third-order valence-corrected chi connectivity index (χ3v) is 2.82. The van der Waals surface area contributed by atoms with E-state index in [0.29, 0.717) is 13.3 Å². The summed E-state index contributed by atoms with van der Waals surface area (Å²) in [5, 5.41) is 3.32. The van der Waals surface area contributed by atoms with E-state index in [9.17, 15) is 0 Å². The monoisotopic (exact) mass is 242 g/mol. The Labute approximate surface area is 105 Å². The molecule has 1 aliphatic rings. The SMILES string of the molecule is NCc1cccc(Nc2ccc3c(c2)OCO3)c1. The molecule has 0 fully saturated rings. The van der Waals surface area contributed by atoms with Crippen LogP contribution in [0.4, 0.5) is 11.4 Å². The van der Waals surface area contributed by atoms with Gasteiger partial charge in [-0.15, -0.1) is 0 Å². The van der Waals surface area contributed by atoms with Crippen LogP contribution < -0.4 is 20.5 Å². The molecule has 0 saturated heterocycles. The topological polar surface area (TPSA) is 56.5 Å². The molecule has 2 aromatic carbocycles. The standard InChI is InChI=1S/C14H14N2O2/c15-8-10-2-1-3-11(6-10)16-12-4-5-13-14(7-12)18-9-17-13/h1-7,16H,8-9,15H2.